The molecule has 0 saturated carbocycles. The highest BCUT2D eigenvalue weighted by molar-refractivity contribution is 7.09. The molecule has 0 aliphatic rings. The number of rotatable bonds is 6. The molecule has 0 amide bonds. The Morgan fingerprint density at radius 1 is 1.24 bits per heavy atom. The first-order valence-corrected chi connectivity index (χ1v) is 8.45. The van der Waals surface area contributed by atoms with Crippen molar-refractivity contribution in [1.82, 2.24) is 15.3 Å². The number of thiazole rings is 1. The highest BCUT2D eigenvalue weighted by atomic mass is 32.1. The van der Waals surface area contributed by atoms with Crippen LogP contribution in [0.4, 0.5) is 0 Å². The van der Waals surface area contributed by atoms with Crippen LogP contribution in [0, 0.1) is 0 Å². The lowest BCUT2D eigenvalue weighted by molar-refractivity contribution is 0.511. The molecule has 2 rings (SSSR count). The highest BCUT2D eigenvalue weighted by Crippen LogP contribution is 2.24. The van der Waals surface area contributed by atoms with Crippen molar-refractivity contribution in [2.24, 2.45) is 0 Å². The van der Waals surface area contributed by atoms with Crippen LogP contribution in [0.1, 0.15) is 44.1 Å². The van der Waals surface area contributed by atoms with Gasteiger partial charge < -0.3 is 5.32 Å². The van der Waals surface area contributed by atoms with Gasteiger partial charge in [0, 0.05) is 41.6 Å². The molecule has 0 aromatic carbocycles. The van der Waals surface area contributed by atoms with Crippen molar-refractivity contribution in [2.45, 2.75) is 52.0 Å². The number of nitrogens with zero attached hydrogens (tertiary/aromatic N) is 2. The Labute approximate surface area is 131 Å². The van der Waals surface area contributed by atoms with Gasteiger partial charge in [-0.25, -0.2) is 4.98 Å². The number of aromatic nitrogens is 2. The average molecular weight is 303 g/mol. The molecular weight excluding hydrogens is 278 g/mol. The van der Waals surface area contributed by atoms with E-state index in [1.165, 1.54) is 10.7 Å². The van der Waals surface area contributed by atoms with Crippen LogP contribution in [-0.4, -0.2) is 22.6 Å². The smallest absolute Gasteiger partial charge is 0.0944 e. The molecule has 3 nitrogen and oxygen atoms in total. The number of nitrogens with one attached hydrogen (secondary N) is 1. The summed E-state index contributed by atoms with van der Waals surface area (Å²) in [6.45, 7) is 9.74. The molecule has 114 valence electrons. The fourth-order valence-electron chi connectivity index (χ4n) is 2.24. The molecule has 2 heterocycles. The first-order chi connectivity index (χ1) is 9.99. The molecular formula is C17H25N3S. The zero-order chi connectivity index (χ0) is 15.3. The fraction of sp³-hybridized carbons (Fsp3) is 0.529. The third kappa shape index (κ3) is 4.90. The summed E-state index contributed by atoms with van der Waals surface area (Å²) in [5, 5.41) is 6.96. The second-order valence-electron chi connectivity index (χ2n) is 6.36. The van der Waals surface area contributed by atoms with Crippen LogP contribution in [0.3, 0.4) is 0 Å². The van der Waals surface area contributed by atoms with Crippen molar-refractivity contribution in [3.63, 3.8) is 0 Å². The van der Waals surface area contributed by atoms with Gasteiger partial charge in [0.1, 0.15) is 0 Å². The Balaban J connectivity index is 2.04. The van der Waals surface area contributed by atoms with E-state index >= 15 is 0 Å². The molecule has 0 spiro atoms. The quantitative estimate of drug-likeness (QED) is 0.886. The summed E-state index contributed by atoms with van der Waals surface area (Å²) in [6, 6.07) is 6.49. The van der Waals surface area contributed by atoms with E-state index in [9.17, 15) is 0 Å². The van der Waals surface area contributed by atoms with E-state index < -0.39 is 0 Å². The molecule has 1 N–H and O–H groups in total. The number of likely N-dealkylation sites (N-methyl/N-ethyl adjacent to an activating group) is 1. The Hall–Kier alpha value is -1.26. The van der Waals surface area contributed by atoms with Gasteiger partial charge in [-0.15, -0.1) is 11.3 Å². The average Bonchev–Trinajstić information content (AvgIpc) is 2.89. The number of pyridine rings is 1. The maximum Gasteiger partial charge on any atom is 0.0944 e. The summed E-state index contributed by atoms with van der Waals surface area (Å²) in [4.78, 5) is 9.23. The van der Waals surface area contributed by atoms with Crippen LogP contribution in [-0.2, 0) is 18.3 Å². The molecule has 2 aromatic heterocycles. The largest absolute Gasteiger partial charge is 0.313 e. The minimum atomic E-state index is 0.128. The molecule has 1 unspecified atom stereocenters. The Kier molecular flexibility index (Phi) is 5.48. The van der Waals surface area contributed by atoms with Crippen LogP contribution in [0.5, 0.6) is 0 Å². The lowest BCUT2D eigenvalue weighted by Gasteiger charge is -2.17. The highest BCUT2D eigenvalue weighted by Gasteiger charge is 2.19. The molecule has 1 atom stereocenters. The fourth-order valence-corrected chi connectivity index (χ4v) is 3.34. The molecule has 0 aliphatic heterocycles. The third-order valence-corrected chi connectivity index (χ3v) is 4.29. The van der Waals surface area contributed by atoms with E-state index in [1.807, 2.05) is 18.3 Å². The van der Waals surface area contributed by atoms with Crippen molar-refractivity contribution in [1.29, 1.82) is 0 Å². The topological polar surface area (TPSA) is 37.8 Å². The zero-order valence-electron chi connectivity index (χ0n) is 13.4. The van der Waals surface area contributed by atoms with Crippen molar-refractivity contribution >= 4 is 11.3 Å². The van der Waals surface area contributed by atoms with Gasteiger partial charge in [-0.05, 0) is 18.7 Å². The lowest BCUT2D eigenvalue weighted by Crippen LogP contribution is -2.33. The van der Waals surface area contributed by atoms with Gasteiger partial charge in [0.05, 0.1) is 10.7 Å². The van der Waals surface area contributed by atoms with E-state index in [-0.39, 0.29) is 5.41 Å². The zero-order valence-corrected chi connectivity index (χ0v) is 14.2. The van der Waals surface area contributed by atoms with E-state index in [0.29, 0.717) is 6.04 Å². The van der Waals surface area contributed by atoms with Crippen LogP contribution >= 0.6 is 11.3 Å². The molecule has 0 bridgehead atoms. The monoisotopic (exact) mass is 303 g/mol. The molecule has 0 radical (unpaired) electrons. The van der Waals surface area contributed by atoms with Crippen molar-refractivity contribution in [3.05, 3.63) is 46.2 Å². The van der Waals surface area contributed by atoms with Crippen LogP contribution < -0.4 is 5.32 Å². The van der Waals surface area contributed by atoms with Gasteiger partial charge in [-0.3, -0.25) is 4.98 Å². The number of hydrogen-bond acceptors (Lipinski definition) is 4. The third-order valence-electron chi connectivity index (χ3n) is 3.42. The van der Waals surface area contributed by atoms with Crippen molar-refractivity contribution in [2.75, 3.05) is 6.54 Å². The van der Waals surface area contributed by atoms with E-state index in [2.05, 4.69) is 49.4 Å². The van der Waals surface area contributed by atoms with Crippen LogP contribution in [0.15, 0.2) is 29.8 Å². The summed E-state index contributed by atoms with van der Waals surface area (Å²) >= 11 is 1.77. The lowest BCUT2D eigenvalue weighted by atomic mass is 9.93. The predicted molar refractivity (Wildman–Crippen MR) is 89.9 cm³/mol. The van der Waals surface area contributed by atoms with Gasteiger partial charge in [0.2, 0.25) is 0 Å². The van der Waals surface area contributed by atoms with Crippen LogP contribution in [0.25, 0.3) is 0 Å². The summed E-state index contributed by atoms with van der Waals surface area (Å²) in [5.74, 6) is 0. The van der Waals surface area contributed by atoms with E-state index in [0.717, 1.165) is 25.1 Å². The van der Waals surface area contributed by atoms with E-state index in [4.69, 9.17) is 4.98 Å². The minimum absolute atomic E-state index is 0.128. The Bertz CT molecular complexity index is 543. The summed E-state index contributed by atoms with van der Waals surface area (Å²) < 4.78 is 0. The second-order valence-corrected chi connectivity index (χ2v) is 7.30. The second kappa shape index (κ2) is 7.14. The summed E-state index contributed by atoms with van der Waals surface area (Å²) in [7, 11) is 0. The molecule has 4 heteroatoms. The van der Waals surface area contributed by atoms with Crippen molar-refractivity contribution < 1.29 is 0 Å². The Morgan fingerprint density at radius 3 is 2.62 bits per heavy atom. The normalized spacial score (nSPS) is 13.3. The molecule has 0 saturated heterocycles. The van der Waals surface area contributed by atoms with Crippen LogP contribution in [0.2, 0.25) is 0 Å². The van der Waals surface area contributed by atoms with Gasteiger partial charge in [0.25, 0.3) is 0 Å². The van der Waals surface area contributed by atoms with Gasteiger partial charge in [-0.1, -0.05) is 33.8 Å². The first kappa shape index (κ1) is 16.1. The maximum atomic E-state index is 4.80. The van der Waals surface area contributed by atoms with E-state index in [1.54, 1.807) is 11.3 Å². The Morgan fingerprint density at radius 2 is 2.05 bits per heavy atom. The predicted octanol–water partition coefficient (Wildman–Crippen LogP) is 3.60. The molecule has 21 heavy (non-hydrogen) atoms. The van der Waals surface area contributed by atoms with Gasteiger partial charge >= 0.3 is 0 Å². The molecule has 0 aliphatic carbocycles. The minimum Gasteiger partial charge on any atom is -0.313 e. The number of hydrogen-bond donors (Lipinski definition) is 1. The summed E-state index contributed by atoms with van der Waals surface area (Å²) in [6.07, 6.45) is 3.77. The molecule has 0 fully saturated rings. The summed E-state index contributed by atoms with van der Waals surface area (Å²) in [5.41, 5.74) is 2.45. The van der Waals surface area contributed by atoms with Gasteiger partial charge in [0.15, 0.2) is 0 Å². The SMILES string of the molecule is CCNC(Cc1ccccn1)Cc1nc(C(C)(C)C)cs1. The maximum absolute atomic E-state index is 4.80. The van der Waals surface area contributed by atoms with Crippen molar-refractivity contribution in [3.8, 4) is 0 Å². The standard InChI is InChI=1S/C17H25N3S/c1-5-18-14(10-13-8-6-7-9-19-13)11-16-20-15(12-21-16)17(2,3)4/h6-9,12,14,18H,5,10-11H2,1-4H3. The first-order valence-electron chi connectivity index (χ1n) is 7.57. The van der Waals surface area contributed by atoms with Gasteiger partial charge in [-0.2, -0.15) is 0 Å². The molecule has 2 aromatic rings.